The van der Waals surface area contributed by atoms with Crippen LogP contribution < -0.4 is 5.32 Å². The number of Topliss-reactive ketones (excluding diaryl/α,β-unsaturated/α-hetero) is 1. The lowest BCUT2D eigenvalue weighted by molar-refractivity contribution is -0.117. The van der Waals surface area contributed by atoms with Crippen LogP contribution in [0.2, 0.25) is 0 Å². The molecule has 0 aliphatic carbocycles. The third kappa shape index (κ3) is 3.45. The molecule has 4 heteroatoms. The monoisotopic (exact) mass is 223 g/mol. The lowest BCUT2D eigenvalue weighted by Crippen LogP contribution is -2.24. The number of likely N-dealkylation sites (N-methyl/N-ethyl adjacent to an activating group) is 1. The molecule has 0 bridgehead atoms. The highest BCUT2D eigenvalue weighted by Crippen LogP contribution is 2.06. The normalized spacial score (nSPS) is 10.7. The summed E-state index contributed by atoms with van der Waals surface area (Å²) >= 11 is 0. The molecule has 0 saturated heterocycles. The Bertz CT molecular complexity index is 344. The standard InChI is InChI=1S/C12H21N3O/c1-4-10-7-11(15(6-3)14-10)8-12(16)9-13-5-2/h7,13H,4-6,8-9H2,1-3H3. The second-order valence-electron chi connectivity index (χ2n) is 3.79. The number of ketones is 1. The molecule has 90 valence electrons. The summed E-state index contributed by atoms with van der Waals surface area (Å²) in [5, 5.41) is 7.47. The van der Waals surface area contributed by atoms with Crippen LogP contribution in [0.1, 0.15) is 32.2 Å². The molecule has 1 heterocycles. The van der Waals surface area contributed by atoms with E-state index in [0.717, 1.165) is 30.9 Å². The van der Waals surface area contributed by atoms with Crippen molar-refractivity contribution in [2.75, 3.05) is 13.1 Å². The topological polar surface area (TPSA) is 46.9 Å². The highest BCUT2D eigenvalue weighted by atomic mass is 16.1. The highest BCUT2D eigenvalue weighted by molar-refractivity contribution is 5.82. The summed E-state index contributed by atoms with van der Waals surface area (Å²) < 4.78 is 1.92. The molecule has 0 atom stereocenters. The number of aromatic nitrogens is 2. The van der Waals surface area contributed by atoms with E-state index in [-0.39, 0.29) is 5.78 Å². The smallest absolute Gasteiger partial charge is 0.152 e. The van der Waals surface area contributed by atoms with E-state index >= 15 is 0 Å². The van der Waals surface area contributed by atoms with Gasteiger partial charge in [0.25, 0.3) is 0 Å². The van der Waals surface area contributed by atoms with Gasteiger partial charge >= 0.3 is 0 Å². The Morgan fingerprint density at radius 1 is 1.44 bits per heavy atom. The molecule has 0 fully saturated rings. The Balaban J connectivity index is 2.64. The van der Waals surface area contributed by atoms with Gasteiger partial charge in [0.2, 0.25) is 0 Å². The molecule has 0 amide bonds. The molecular weight excluding hydrogens is 202 g/mol. The number of rotatable bonds is 7. The molecular formula is C12H21N3O. The van der Waals surface area contributed by atoms with Crippen molar-refractivity contribution in [2.45, 2.75) is 40.2 Å². The molecule has 1 aromatic heterocycles. The molecule has 0 aliphatic rings. The van der Waals surface area contributed by atoms with E-state index in [1.807, 2.05) is 24.6 Å². The van der Waals surface area contributed by atoms with E-state index < -0.39 is 0 Å². The summed E-state index contributed by atoms with van der Waals surface area (Å²) in [5.41, 5.74) is 2.09. The van der Waals surface area contributed by atoms with Crippen LogP contribution in [0.5, 0.6) is 0 Å². The molecule has 1 N–H and O–H groups in total. The number of nitrogens with zero attached hydrogens (tertiary/aromatic N) is 2. The highest BCUT2D eigenvalue weighted by Gasteiger charge is 2.09. The summed E-state index contributed by atoms with van der Waals surface area (Å²) in [5.74, 6) is 0.221. The van der Waals surface area contributed by atoms with Crippen LogP contribution in [0.4, 0.5) is 0 Å². The average molecular weight is 223 g/mol. The lowest BCUT2D eigenvalue weighted by Gasteiger charge is -2.04. The van der Waals surface area contributed by atoms with E-state index in [0.29, 0.717) is 13.0 Å². The van der Waals surface area contributed by atoms with Gasteiger partial charge in [0.1, 0.15) is 0 Å². The van der Waals surface area contributed by atoms with Crippen LogP contribution in [0.15, 0.2) is 6.07 Å². The average Bonchev–Trinajstić information content (AvgIpc) is 2.68. The van der Waals surface area contributed by atoms with Gasteiger partial charge in [0.15, 0.2) is 5.78 Å². The van der Waals surface area contributed by atoms with Crippen molar-refractivity contribution >= 4 is 5.78 Å². The van der Waals surface area contributed by atoms with Crippen LogP contribution >= 0.6 is 0 Å². The first-order valence-corrected chi connectivity index (χ1v) is 5.99. The Kier molecular flexibility index (Phi) is 5.19. The predicted molar refractivity (Wildman–Crippen MR) is 64.5 cm³/mol. The van der Waals surface area contributed by atoms with Gasteiger partial charge in [0.05, 0.1) is 12.2 Å². The van der Waals surface area contributed by atoms with Crippen molar-refractivity contribution in [3.63, 3.8) is 0 Å². The molecule has 1 aromatic rings. The maximum Gasteiger partial charge on any atom is 0.152 e. The maximum atomic E-state index is 11.6. The van der Waals surface area contributed by atoms with Crippen molar-refractivity contribution in [3.05, 3.63) is 17.5 Å². The molecule has 0 saturated carbocycles. The molecule has 0 spiro atoms. The summed E-state index contributed by atoms with van der Waals surface area (Å²) in [6, 6.07) is 2.04. The third-order valence-corrected chi connectivity index (χ3v) is 2.53. The number of carbonyl (C=O) groups is 1. The predicted octanol–water partition coefficient (Wildman–Crippen LogP) is 1.19. The number of carbonyl (C=O) groups excluding carboxylic acids is 1. The fraction of sp³-hybridized carbons (Fsp3) is 0.667. The van der Waals surface area contributed by atoms with Gasteiger partial charge in [-0.05, 0) is 26.0 Å². The minimum absolute atomic E-state index is 0.221. The van der Waals surface area contributed by atoms with Gasteiger partial charge in [-0.2, -0.15) is 5.10 Å². The number of hydrogen-bond acceptors (Lipinski definition) is 3. The lowest BCUT2D eigenvalue weighted by atomic mass is 10.2. The molecule has 1 rings (SSSR count). The zero-order valence-electron chi connectivity index (χ0n) is 10.4. The van der Waals surface area contributed by atoms with Crippen LogP contribution in [-0.4, -0.2) is 28.7 Å². The van der Waals surface area contributed by atoms with Crippen LogP contribution in [0, 0.1) is 0 Å². The minimum Gasteiger partial charge on any atom is -0.310 e. The summed E-state index contributed by atoms with van der Waals surface area (Å²) in [6.45, 7) is 8.23. The van der Waals surface area contributed by atoms with Crippen LogP contribution in [-0.2, 0) is 24.2 Å². The van der Waals surface area contributed by atoms with Crippen molar-refractivity contribution < 1.29 is 4.79 Å². The van der Waals surface area contributed by atoms with Crippen LogP contribution in [0.25, 0.3) is 0 Å². The van der Waals surface area contributed by atoms with E-state index in [2.05, 4.69) is 17.3 Å². The van der Waals surface area contributed by atoms with Crippen molar-refractivity contribution in [3.8, 4) is 0 Å². The largest absolute Gasteiger partial charge is 0.310 e. The number of hydrogen-bond donors (Lipinski definition) is 1. The van der Waals surface area contributed by atoms with Crippen LogP contribution in [0.3, 0.4) is 0 Å². The van der Waals surface area contributed by atoms with Gasteiger partial charge in [0, 0.05) is 18.7 Å². The van der Waals surface area contributed by atoms with Gasteiger partial charge in [-0.1, -0.05) is 13.8 Å². The molecule has 0 aliphatic heterocycles. The molecule has 16 heavy (non-hydrogen) atoms. The Morgan fingerprint density at radius 3 is 2.75 bits per heavy atom. The third-order valence-electron chi connectivity index (χ3n) is 2.53. The first-order chi connectivity index (χ1) is 7.71. The second kappa shape index (κ2) is 6.43. The Labute approximate surface area is 97.0 Å². The Hall–Kier alpha value is -1.16. The van der Waals surface area contributed by atoms with Gasteiger partial charge in [-0.25, -0.2) is 0 Å². The van der Waals surface area contributed by atoms with E-state index in [1.165, 1.54) is 0 Å². The quantitative estimate of drug-likeness (QED) is 0.755. The first-order valence-electron chi connectivity index (χ1n) is 5.99. The van der Waals surface area contributed by atoms with Crippen molar-refractivity contribution in [1.29, 1.82) is 0 Å². The molecule has 0 aromatic carbocycles. The first kappa shape index (κ1) is 12.9. The minimum atomic E-state index is 0.221. The number of nitrogens with one attached hydrogen (secondary N) is 1. The van der Waals surface area contributed by atoms with Gasteiger partial charge in [-0.3, -0.25) is 9.48 Å². The zero-order valence-corrected chi connectivity index (χ0v) is 10.4. The fourth-order valence-electron chi connectivity index (χ4n) is 1.63. The van der Waals surface area contributed by atoms with E-state index in [9.17, 15) is 4.79 Å². The maximum absolute atomic E-state index is 11.6. The molecule has 0 radical (unpaired) electrons. The zero-order chi connectivity index (χ0) is 12.0. The van der Waals surface area contributed by atoms with E-state index in [4.69, 9.17) is 0 Å². The second-order valence-corrected chi connectivity index (χ2v) is 3.79. The SMILES string of the molecule is CCNCC(=O)Cc1cc(CC)nn1CC. The molecule has 4 nitrogen and oxygen atoms in total. The van der Waals surface area contributed by atoms with Crippen molar-refractivity contribution in [2.24, 2.45) is 0 Å². The van der Waals surface area contributed by atoms with Gasteiger partial charge in [-0.15, -0.1) is 0 Å². The fourth-order valence-corrected chi connectivity index (χ4v) is 1.63. The molecule has 0 unspecified atom stereocenters. The summed E-state index contributed by atoms with van der Waals surface area (Å²) in [6.07, 6.45) is 1.40. The Morgan fingerprint density at radius 2 is 2.19 bits per heavy atom. The summed E-state index contributed by atoms with van der Waals surface area (Å²) in [7, 11) is 0. The van der Waals surface area contributed by atoms with E-state index in [1.54, 1.807) is 0 Å². The number of aryl methyl sites for hydroxylation is 2. The summed E-state index contributed by atoms with van der Waals surface area (Å²) in [4.78, 5) is 11.6. The van der Waals surface area contributed by atoms with Crippen molar-refractivity contribution in [1.82, 2.24) is 15.1 Å². The van der Waals surface area contributed by atoms with Gasteiger partial charge < -0.3 is 5.32 Å².